The summed E-state index contributed by atoms with van der Waals surface area (Å²) >= 11 is 0. The Morgan fingerprint density at radius 1 is 0.909 bits per heavy atom. The van der Waals surface area contributed by atoms with Gasteiger partial charge in [-0.2, -0.15) is 0 Å². The van der Waals surface area contributed by atoms with E-state index < -0.39 is 11.9 Å². The standard InChI is InChI=1S/C16H12O6/c17-10-5-6-14(18)9(7-10)8-13(16(21)22)11-3-1-2-4-12(11)15(19)20/h1-8,17-18H,(H,19,20)(H,21,22)/b13-8+. The molecular formula is C16H12O6. The van der Waals surface area contributed by atoms with Crippen LogP contribution in [0.25, 0.3) is 11.6 Å². The van der Waals surface area contributed by atoms with E-state index in [9.17, 15) is 24.9 Å². The largest absolute Gasteiger partial charge is 0.508 e. The Hall–Kier alpha value is -3.28. The molecule has 6 nitrogen and oxygen atoms in total. The van der Waals surface area contributed by atoms with Crippen LogP contribution in [0.5, 0.6) is 11.5 Å². The van der Waals surface area contributed by atoms with Gasteiger partial charge in [0.1, 0.15) is 11.5 Å². The first kappa shape index (κ1) is 15.1. The molecule has 0 saturated carbocycles. The Morgan fingerprint density at radius 2 is 1.55 bits per heavy atom. The van der Waals surface area contributed by atoms with Crippen LogP contribution in [0.3, 0.4) is 0 Å². The van der Waals surface area contributed by atoms with Crippen LogP contribution >= 0.6 is 0 Å². The van der Waals surface area contributed by atoms with Crippen LogP contribution in [0.15, 0.2) is 42.5 Å². The first-order chi connectivity index (χ1) is 10.4. The molecule has 2 aromatic carbocycles. The van der Waals surface area contributed by atoms with Gasteiger partial charge in [0, 0.05) is 11.1 Å². The zero-order valence-corrected chi connectivity index (χ0v) is 11.2. The lowest BCUT2D eigenvalue weighted by molar-refractivity contribution is -0.130. The van der Waals surface area contributed by atoms with Crippen LogP contribution in [0.1, 0.15) is 21.5 Å². The number of rotatable bonds is 4. The fourth-order valence-corrected chi connectivity index (χ4v) is 1.97. The first-order valence-electron chi connectivity index (χ1n) is 6.20. The second-order valence-electron chi connectivity index (χ2n) is 4.46. The molecule has 0 bridgehead atoms. The number of carboxylic acid groups (broad SMARTS) is 2. The molecule has 6 heteroatoms. The van der Waals surface area contributed by atoms with Crippen LogP contribution in [-0.4, -0.2) is 32.4 Å². The third-order valence-corrected chi connectivity index (χ3v) is 2.99. The van der Waals surface area contributed by atoms with E-state index in [-0.39, 0.29) is 33.8 Å². The molecule has 0 atom stereocenters. The predicted octanol–water partition coefficient (Wildman–Crippen LogP) is 2.42. The topological polar surface area (TPSA) is 115 Å². The lowest BCUT2D eigenvalue weighted by Gasteiger charge is -2.08. The summed E-state index contributed by atoms with van der Waals surface area (Å²) in [5.41, 5.74) is -0.405. The summed E-state index contributed by atoms with van der Waals surface area (Å²) < 4.78 is 0. The molecule has 0 aliphatic carbocycles. The Kier molecular flexibility index (Phi) is 4.13. The quantitative estimate of drug-likeness (QED) is 0.391. The molecule has 0 aliphatic rings. The van der Waals surface area contributed by atoms with Crippen molar-refractivity contribution in [2.75, 3.05) is 0 Å². The van der Waals surface area contributed by atoms with Crippen molar-refractivity contribution < 1.29 is 30.0 Å². The fourth-order valence-electron chi connectivity index (χ4n) is 1.97. The normalized spacial score (nSPS) is 11.2. The van der Waals surface area contributed by atoms with E-state index in [0.29, 0.717) is 0 Å². The van der Waals surface area contributed by atoms with Gasteiger partial charge in [-0.25, -0.2) is 9.59 Å². The van der Waals surface area contributed by atoms with Gasteiger partial charge in [0.15, 0.2) is 0 Å². The number of carbonyl (C=O) groups is 2. The second kappa shape index (κ2) is 6.01. The summed E-state index contributed by atoms with van der Waals surface area (Å²) in [5, 5.41) is 37.6. The average molecular weight is 300 g/mol. The zero-order valence-electron chi connectivity index (χ0n) is 11.2. The summed E-state index contributed by atoms with van der Waals surface area (Å²) in [5.74, 6) is -3.00. The highest BCUT2D eigenvalue weighted by Crippen LogP contribution is 2.28. The van der Waals surface area contributed by atoms with E-state index in [2.05, 4.69) is 0 Å². The predicted molar refractivity (Wildman–Crippen MR) is 78.7 cm³/mol. The van der Waals surface area contributed by atoms with Crippen molar-refractivity contribution >= 4 is 23.6 Å². The number of aromatic hydroxyl groups is 2. The van der Waals surface area contributed by atoms with Gasteiger partial charge >= 0.3 is 11.9 Å². The molecular weight excluding hydrogens is 288 g/mol. The number of carboxylic acids is 2. The van der Waals surface area contributed by atoms with E-state index >= 15 is 0 Å². The third-order valence-electron chi connectivity index (χ3n) is 2.99. The summed E-state index contributed by atoms with van der Waals surface area (Å²) in [6, 6.07) is 9.29. The zero-order chi connectivity index (χ0) is 16.3. The second-order valence-corrected chi connectivity index (χ2v) is 4.46. The number of benzene rings is 2. The Bertz CT molecular complexity index is 776. The van der Waals surface area contributed by atoms with Crippen LogP contribution in [0, 0.1) is 0 Å². The summed E-state index contributed by atoms with van der Waals surface area (Å²) in [6.45, 7) is 0. The maximum atomic E-state index is 11.5. The van der Waals surface area contributed by atoms with Crippen LogP contribution < -0.4 is 0 Å². The van der Waals surface area contributed by atoms with Crippen molar-refractivity contribution in [3.8, 4) is 11.5 Å². The van der Waals surface area contributed by atoms with Crippen molar-refractivity contribution in [1.82, 2.24) is 0 Å². The van der Waals surface area contributed by atoms with Gasteiger partial charge in [-0.15, -0.1) is 0 Å². The Morgan fingerprint density at radius 3 is 2.14 bits per heavy atom. The van der Waals surface area contributed by atoms with Crippen molar-refractivity contribution in [3.05, 3.63) is 59.2 Å². The maximum absolute atomic E-state index is 11.5. The molecule has 0 aliphatic heterocycles. The van der Waals surface area contributed by atoms with Gasteiger partial charge in [-0.3, -0.25) is 0 Å². The average Bonchev–Trinajstić information content (AvgIpc) is 2.47. The van der Waals surface area contributed by atoms with Crippen molar-refractivity contribution in [3.63, 3.8) is 0 Å². The SMILES string of the molecule is O=C(O)/C(=C/c1cc(O)ccc1O)c1ccccc1C(=O)O. The molecule has 0 heterocycles. The molecule has 0 radical (unpaired) electrons. The number of hydrogen-bond acceptors (Lipinski definition) is 4. The minimum absolute atomic E-state index is 0.00485. The summed E-state index contributed by atoms with van der Waals surface area (Å²) in [4.78, 5) is 22.7. The molecule has 0 saturated heterocycles. The Balaban J connectivity index is 2.66. The van der Waals surface area contributed by atoms with E-state index in [0.717, 1.165) is 6.08 Å². The van der Waals surface area contributed by atoms with E-state index in [1.54, 1.807) is 0 Å². The number of hydrogen-bond donors (Lipinski definition) is 4. The first-order valence-corrected chi connectivity index (χ1v) is 6.20. The summed E-state index contributed by atoms with van der Waals surface area (Å²) in [7, 11) is 0. The lowest BCUT2D eigenvalue weighted by Crippen LogP contribution is -2.07. The smallest absolute Gasteiger partial charge is 0.336 e. The van der Waals surface area contributed by atoms with E-state index in [4.69, 9.17) is 5.11 Å². The lowest BCUT2D eigenvalue weighted by atomic mass is 9.97. The molecule has 2 rings (SSSR count). The van der Waals surface area contributed by atoms with Gasteiger partial charge in [0.05, 0.1) is 11.1 Å². The van der Waals surface area contributed by atoms with Gasteiger partial charge in [-0.1, -0.05) is 18.2 Å². The van der Waals surface area contributed by atoms with Gasteiger partial charge in [-0.05, 0) is 30.3 Å². The van der Waals surface area contributed by atoms with E-state index in [1.165, 1.54) is 42.5 Å². The van der Waals surface area contributed by atoms with Gasteiger partial charge < -0.3 is 20.4 Å². The highest BCUT2D eigenvalue weighted by molar-refractivity contribution is 6.22. The third kappa shape index (κ3) is 3.06. The fraction of sp³-hybridized carbons (Fsp3) is 0. The molecule has 4 N–H and O–H groups in total. The highest BCUT2D eigenvalue weighted by Gasteiger charge is 2.18. The molecule has 112 valence electrons. The van der Waals surface area contributed by atoms with Gasteiger partial charge in [0.2, 0.25) is 0 Å². The minimum atomic E-state index is -1.35. The van der Waals surface area contributed by atoms with Gasteiger partial charge in [0.25, 0.3) is 0 Å². The summed E-state index contributed by atoms with van der Waals surface area (Å²) in [6.07, 6.45) is 1.11. The number of aliphatic carboxylic acids is 1. The van der Waals surface area contributed by atoms with Crippen LogP contribution in [0.2, 0.25) is 0 Å². The highest BCUT2D eigenvalue weighted by atomic mass is 16.4. The maximum Gasteiger partial charge on any atom is 0.336 e. The Labute approximate surface area is 125 Å². The van der Waals surface area contributed by atoms with E-state index in [1.807, 2.05) is 0 Å². The van der Waals surface area contributed by atoms with Crippen molar-refractivity contribution in [1.29, 1.82) is 0 Å². The van der Waals surface area contributed by atoms with Crippen molar-refractivity contribution in [2.45, 2.75) is 0 Å². The minimum Gasteiger partial charge on any atom is -0.508 e. The molecule has 0 fully saturated rings. The number of phenols is 2. The molecule has 2 aromatic rings. The number of phenolic OH excluding ortho intramolecular Hbond substituents is 2. The monoisotopic (exact) mass is 300 g/mol. The molecule has 0 spiro atoms. The van der Waals surface area contributed by atoms with Crippen LogP contribution in [-0.2, 0) is 4.79 Å². The van der Waals surface area contributed by atoms with Crippen LogP contribution in [0.4, 0.5) is 0 Å². The van der Waals surface area contributed by atoms with Crippen molar-refractivity contribution in [2.24, 2.45) is 0 Å². The molecule has 0 aromatic heterocycles. The number of aromatic carboxylic acids is 1. The molecule has 0 amide bonds. The molecule has 0 unspecified atom stereocenters. The molecule has 22 heavy (non-hydrogen) atoms.